The number of sulfonamides is 1. The summed E-state index contributed by atoms with van der Waals surface area (Å²) in [4.78, 5) is 14.3. The van der Waals surface area contributed by atoms with Crippen molar-refractivity contribution in [2.45, 2.75) is 38.8 Å². The molecule has 1 unspecified atom stereocenters. The smallest absolute Gasteiger partial charge is 0.241 e. The summed E-state index contributed by atoms with van der Waals surface area (Å²) in [6, 6.07) is 7.45. The van der Waals surface area contributed by atoms with Gasteiger partial charge in [0.1, 0.15) is 6.04 Å². The molecule has 1 aliphatic heterocycles. The molecule has 1 aliphatic rings. The zero-order valence-electron chi connectivity index (χ0n) is 13.4. The standard InChI is InChI=1S/C16H24N2O3S/c1-13-7-9-14(10-8-13)12-17(2)16(19)15-6-4-5-11-18(15)22(3,20)21/h7-10,15H,4-6,11-12H2,1-3H3. The number of aryl methyl sites for hydroxylation is 1. The van der Waals surface area contributed by atoms with Crippen molar-refractivity contribution in [2.75, 3.05) is 19.8 Å². The minimum absolute atomic E-state index is 0.120. The molecule has 1 aromatic carbocycles. The lowest BCUT2D eigenvalue weighted by atomic mass is 10.0. The third kappa shape index (κ3) is 4.08. The van der Waals surface area contributed by atoms with Crippen LogP contribution in [0.25, 0.3) is 0 Å². The highest BCUT2D eigenvalue weighted by atomic mass is 32.2. The highest BCUT2D eigenvalue weighted by Crippen LogP contribution is 2.22. The lowest BCUT2D eigenvalue weighted by Gasteiger charge is -2.35. The fourth-order valence-electron chi connectivity index (χ4n) is 2.85. The van der Waals surface area contributed by atoms with Gasteiger partial charge in [-0.25, -0.2) is 8.42 Å². The number of carbonyl (C=O) groups is 1. The molecule has 1 heterocycles. The Balaban J connectivity index is 2.09. The number of carbonyl (C=O) groups excluding carboxylic acids is 1. The molecule has 0 aliphatic carbocycles. The third-order valence-corrected chi connectivity index (χ3v) is 5.37. The second kappa shape index (κ2) is 6.79. The molecule has 6 heteroatoms. The Labute approximate surface area is 133 Å². The molecule has 122 valence electrons. The van der Waals surface area contributed by atoms with Crippen LogP contribution >= 0.6 is 0 Å². The first-order valence-corrected chi connectivity index (χ1v) is 9.41. The molecule has 1 aromatic rings. The lowest BCUT2D eigenvalue weighted by molar-refractivity contribution is -0.135. The summed E-state index contributed by atoms with van der Waals surface area (Å²) in [5, 5.41) is 0. The predicted molar refractivity (Wildman–Crippen MR) is 86.8 cm³/mol. The van der Waals surface area contributed by atoms with E-state index in [-0.39, 0.29) is 5.91 Å². The Morgan fingerprint density at radius 2 is 1.91 bits per heavy atom. The molecule has 0 radical (unpaired) electrons. The number of hydrogen-bond donors (Lipinski definition) is 0. The van der Waals surface area contributed by atoms with E-state index in [1.54, 1.807) is 11.9 Å². The quantitative estimate of drug-likeness (QED) is 0.848. The third-order valence-electron chi connectivity index (χ3n) is 4.08. The molecule has 0 spiro atoms. The van der Waals surface area contributed by atoms with Crippen LogP contribution < -0.4 is 0 Å². The molecule has 0 aromatic heterocycles. The first-order chi connectivity index (χ1) is 10.3. The second-order valence-corrected chi connectivity index (χ2v) is 8.00. The van der Waals surface area contributed by atoms with Gasteiger partial charge < -0.3 is 4.90 Å². The Morgan fingerprint density at radius 3 is 2.50 bits per heavy atom. The van der Waals surface area contributed by atoms with Gasteiger partial charge >= 0.3 is 0 Å². The number of amides is 1. The molecular formula is C16H24N2O3S. The molecule has 22 heavy (non-hydrogen) atoms. The van der Waals surface area contributed by atoms with E-state index < -0.39 is 16.1 Å². The van der Waals surface area contributed by atoms with E-state index in [4.69, 9.17) is 0 Å². The van der Waals surface area contributed by atoms with Crippen molar-refractivity contribution in [3.8, 4) is 0 Å². The summed E-state index contributed by atoms with van der Waals surface area (Å²) in [5.74, 6) is -0.120. The monoisotopic (exact) mass is 324 g/mol. The van der Waals surface area contributed by atoms with Gasteiger partial charge in [-0.3, -0.25) is 4.79 Å². The van der Waals surface area contributed by atoms with Crippen LogP contribution in [-0.4, -0.2) is 49.4 Å². The summed E-state index contributed by atoms with van der Waals surface area (Å²) in [7, 11) is -1.61. The van der Waals surface area contributed by atoms with Crippen LogP contribution in [0.3, 0.4) is 0 Å². The second-order valence-electron chi connectivity index (χ2n) is 6.07. The molecule has 1 fully saturated rings. The molecule has 1 atom stereocenters. The van der Waals surface area contributed by atoms with E-state index in [1.165, 1.54) is 16.1 Å². The van der Waals surface area contributed by atoms with E-state index in [0.717, 1.165) is 18.4 Å². The fraction of sp³-hybridized carbons (Fsp3) is 0.562. The van der Waals surface area contributed by atoms with Crippen LogP contribution in [0.2, 0.25) is 0 Å². The zero-order valence-corrected chi connectivity index (χ0v) is 14.3. The normalized spacial score (nSPS) is 19.9. The number of rotatable bonds is 4. The van der Waals surface area contributed by atoms with Crippen molar-refractivity contribution < 1.29 is 13.2 Å². The van der Waals surface area contributed by atoms with Gasteiger partial charge in [-0.2, -0.15) is 4.31 Å². The minimum Gasteiger partial charge on any atom is -0.340 e. The maximum Gasteiger partial charge on any atom is 0.241 e. The Bertz CT molecular complexity index is 625. The Morgan fingerprint density at radius 1 is 1.27 bits per heavy atom. The van der Waals surface area contributed by atoms with E-state index in [0.29, 0.717) is 19.5 Å². The van der Waals surface area contributed by atoms with Gasteiger partial charge in [-0.1, -0.05) is 36.2 Å². The zero-order chi connectivity index (χ0) is 16.3. The van der Waals surface area contributed by atoms with Gasteiger partial charge in [-0.15, -0.1) is 0 Å². The number of nitrogens with zero attached hydrogens (tertiary/aromatic N) is 2. The summed E-state index contributed by atoms with van der Waals surface area (Å²) in [6.07, 6.45) is 3.49. The Hall–Kier alpha value is -1.40. The van der Waals surface area contributed by atoms with Crippen LogP contribution in [-0.2, 0) is 21.4 Å². The molecule has 0 N–H and O–H groups in total. The number of benzene rings is 1. The van der Waals surface area contributed by atoms with Crippen LogP contribution in [0.15, 0.2) is 24.3 Å². The fourth-order valence-corrected chi connectivity index (χ4v) is 3.97. The van der Waals surface area contributed by atoms with Crippen molar-refractivity contribution in [3.05, 3.63) is 35.4 Å². The van der Waals surface area contributed by atoms with Crippen molar-refractivity contribution in [1.29, 1.82) is 0 Å². The average Bonchev–Trinajstić information content (AvgIpc) is 2.48. The van der Waals surface area contributed by atoms with Gasteiger partial charge in [0.25, 0.3) is 0 Å². The summed E-state index contributed by atoms with van der Waals surface area (Å²) in [6.45, 7) is 2.95. The molecule has 1 amide bonds. The predicted octanol–water partition coefficient (Wildman–Crippen LogP) is 1.77. The first-order valence-electron chi connectivity index (χ1n) is 7.56. The maximum atomic E-state index is 12.6. The van der Waals surface area contributed by atoms with Gasteiger partial charge in [0.15, 0.2) is 0 Å². The highest BCUT2D eigenvalue weighted by molar-refractivity contribution is 7.88. The van der Waals surface area contributed by atoms with Crippen molar-refractivity contribution in [1.82, 2.24) is 9.21 Å². The van der Waals surface area contributed by atoms with Gasteiger partial charge in [-0.05, 0) is 25.3 Å². The number of likely N-dealkylation sites (N-methyl/N-ethyl adjacent to an activating group) is 1. The molecule has 5 nitrogen and oxygen atoms in total. The van der Waals surface area contributed by atoms with Gasteiger partial charge in [0, 0.05) is 20.1 Å². The Kier molecular flexibility index (Phi) is 5.24. The molecule has 2 rings (SSSR count). The van der Waals surface area contributed by atoms with E-state index in [1.807, 2.05) is 31.2 Å². The summed E-state index contributed by atoms with van der Waals surface area (Å²) >= 11 is 0. The number of piperidine rings is 1. The van der Waals surface area contributed by atoms with Crippen LogP contribution in [0.5, 0.6) is 0 Å². The van der Waals surface area contributed by atoms with Crippen molar-refractivity contribution in [2.24, 2.45) is 0 Å². The number of hydrogen-bond acceptors (Lipinski definition) is 3. The van der Waals surface area contributed by atoms with E-state index >= 15 is 0 Å². The van der Waals surface area contributed by atoms with Crippen molar-refractivity contribution in [3.63, 3.8) is 0 Å². The average molecular weight is 324 g/mol. The van der Waals surface area contributed by atoms with Crippen LogP contribution in [0.1, 0.15) is 30.4 Å². The molecule has 0 bridgehead atoms. The SMILES string of the molecule is Cc1ccc(CN(C)C(=O)C2CCCCN2S(C)(=O)=O)cc1. The minimum atomic E-state index is -3.35. The molecule has 0 saturated carbocycles. The van der Waals surface area contributed by atoms with E-state index in [9.17, 15) is 13.2 Å². The van der Waals surface area contributed by atoms with Gasteiger partial charge in [0.05, 0.1) is 6.26 Å². The topological polar surface area (TPSA) is 57.7 Å². The first kappa shape index (κ1) is 17.0. The summed E-state index contributed by atoms with van der Waals surface area (Å²) in [5.41, 5.74) is 2.22. The van der Waals surface area contributed by atoms with Gasteiger partial charge in [0.2, 0.25) is 15.9 Å². The maximum absolute atomic E-state index is 12.6. The van der Waals surface area contributed by atoms with E-state index in [2.05, 4.69) is 0 Å². The summed E-state index contributed by atoms with van der Waals surface area (Å²) < 4.78 is 25.1. The van der Waals surface area contributed by atoms with Crippen molar-refractivity contribution >= 4 is 15.9 Å². The van der Waals surface area contributed by atoms with Crippen LogP contribution in [0, 0.1) is 6.92 Å². The lowest BCUT2D eigenvalue weighted by Crippen LogP contribution is -2.51. The molecule has 1 saturated heterocycles. The molecular weight excluding hydrogens is 300 g/mol. The largest absolute Gasteiger partial charge is 0.340 e. The van der Waals surface area contributed by atoms with Crippen LogP contribution in [0.4, 0.5) is 0 Å². The highest BCUT2D eigenvalue weighted by Gasteiger charge is 2.35.